The molecule has 0 saturated carbocycles. The van der Waals surface area contributed by atoms with E-state index >= 15 is 4.39 Å². The third-order valence-electron chi connectivity index (χ3n) is 7.24. The molecule has 2 aliphatic rings. The van der Waals surface area contributed by atoms with Gasteiger partial charge in [-0.1, -0.05) is 71.7 Å². The van der Waals surface area contributed by atoms with E-state index in [1.54, 1.807) is 6.07 Å². The zero-order valence-corrected chi connectivity index (χ0v) is 21.9. The average molecular weight is 524 g/mol. The van der Waals surface area contributed by atoms with Gasteiger partial charge in [-0.2, -0.15) is 0 Å². The molecule has 1 nitrogen and oxygen atoms in total. The first-order valence-corrected chi connectivity index (χ1v) is 13.3. The van der Waals surface area contributed by atoms with Crippen LogP contribution in [0.15, 0.2) is 60.2 Å². The molecule has 0 N–H and O–H groups in total. The Bertz CT molecular complexity index is 1350. The van der Waals surface area contributed by atoms with Gasteiger partial charge in [-0.15, -0.1) is 0 Å². The fraction of sp³-hybridized carbons (Fsp3) is 0.290. The summed E-state index contributed by atoms with van der Waals surface area (Å²) in [5.74, 6) is -0.202. The highest BCUT2D eigenvalue weighted by Gasteiger charge is 2.25. The Labute approximate surface area is 222 Å². The van der Waals surface area contributed by atoms with Crippen LogP contribution in [0.25, 0.3) is 17.2 Å². The van der Waals surface area contributed by atoms with Crippen LogP contribution in [0.3, 0.4) is 0 Å². The molecule has 36 heavy (non-hydrogen) atoms. The smallest absolute Gasteiger partial charge is 0.134 e. The highest BCUT2D eigenvalue weighted by Crippen LogP contribution is 2.43. The fourth-order valence-corrected chi connectivity index (χ4v) is 5.89. The third kappa shape index (κ3) is 5.02. The second-order valence-electron chi connectivity index (χ2n) is 9.69. The van der Waals surface area contributed by atoms with Gasteiger partial charge in [0.2, 0.25) is 0 Å². The molecule has 0 atom stereocenters. The first kappa shape index (κ1) is 25.2. The van der Waals surface area contributed by atoms with Crippen molar-refractivity contribution in [1.82, 2.24) is 4.90 Å². The topological polar surface area (TPSA) is 3.24 Å². The van der Waals surface area contributed by atoms with Crippen LogP contribution in [0.5, 0.6) is 0 Å². The number of aryl methyl sites for hydroxylation is 1. The standard InChI is InChI=1S/C31H29Cl2F2N/c1-20-23(16-21-18-36(19-21)15-5-14-34)10-12-28(31(20)35)30-25-8-3-2-6-22(25)7-4-9-27(30)26-13-11-24(32)17-29(26)33/h2-3,6,8,10-13,16-17H,4-5,7,9,14-15,18-19H2,1H3. The van der Waals surface area contributed by atoms with E-state index in [1.807, 2.05) is 43.3 Å². The molecular formula is C31H29Cl2F2N. The molecule has 5 heteroatoms. The molecule has 1 heterocycles. The minimum atomic E-state index is -0.288. The van der Waals surface area contributed by atoms with E-state index in [0.717, 1.165) is 66.7 Å². The number of hydrogen-bond acceptors (Lipinski definition) is 1. The van der Waals surface area contributed by atoms with E-state index in [0.29, 0.717) is 27.6 Å². The second-order valence-corrected chi connectivity index (χ2v) is 10.5. The van der Waals surface area contributed by atoms with Gasteiger partial charge in [0.15, 0.2) is 0 Å². The van der Waals surface area contributed by atoms with Gasteiger partial charge in [0.05, 0.1) is 6.67 Å². The number of hydrogen-bond donors (Lipinski definition) is 0. The minimum absolute atomic E-state index is 0.202. The number of rotatable bonds is 6. The van der Waals surface area contributed by atoms with Gasteiger partial charge in [0.1, 0.15) is 5.82 Å². The van der Waals surface area contributed by atoms with Crippen molar-refractivity contribution in [2.24, 2.45) is 0 Å². The number of halogens is 4. The van der Waals surface area contributed by atoms with Crippen LogP contribution < -0.4 is 0 Å². The van der Waals surface area contributed by atoms with Crippen molar-refractivity contribution < 1.29 is 8.78 Å². The molecule has 0 spiro atoms. The van der Waals surface area contributed by atoms with E-state index in [4.69, 9.17) is 23.2 Å². The molecule has 1 saturated heterocycles. The van der Waals surface area contributed by atoms with Crippen LogP contribution in [0.2, 0.25) is 10.0 Å². The molecule has 1 fully saturated rings. The van der Waals surface area contributed by atoms with Crippen LogP contribution in [0, 0.1) is 12.7 Å². The van der Waals surface area contributed by atoms with E-state index in [1.165, 1.54) is 11.1 Å². The van der Waals surface area contributed by atoms with Gasteiger partial charge in [0.25, 0.3) is 0 Å². The Morgan fingerprint density at radius 2 is 1.72 bits per heavy atom. The number of allylic oxidation sites excluding steroid dienone is 1. The Balaban J connectivity index is 1.61. The van der Waals surface area contributed by atoms with Crippen molar-refractivity contribution in [3.63, 3.8) is 0 Å². The van der Waals surface area contributed by atoms with Gasteiger partial charge in [-0.05, 0) is 89.3 Å². The fourth-order valence-electron chi connectivity index (χ4n) is 5.37. The van der Waals surface area contributed by atoms with E-state index in [9.17, 15) is 4.39 Å². The molecule has 5 rings (SSSR count). The summed E-state index contributed by atoms with van der Waals surface area (Å²) in [6, 6.07) is 17.8. The Hall–Kier alpha value is -2.46. The summed E-state index contributed by atoms with van der Waals surface area (Å²) < 4.78 is 28.6. The van der Waals surface area contributed by atoms with Crippen molar-refractivity contribution in [3.8, 4) is 0 Å². The van der Waals surface area contributed by atoms with E-state index in [2.05, 4.69) is 23.1 Å². The maximum absolute atomic E-state index is 16.2. The lowest BCUT2D eigenvalue weighted by Crippen LogP contribution is -2.40. The Morgan fingerprint density at radius 1 is 0.944 bits per heavy atom. The average Bonchev–Trinajstić information content (AvgIpc) is 3.03. The van der Waals surface area contributed by atoms with Crippen LogP contribution in [-0.2, 0) is 6.42 Å². The van der Waals surface area contributed by atoms with Crippen molar-refractivity contribution in [1.29, 1.82) is 0 Å². The number of fused-ring (bicyclic) bond motifs is 1. The molecule has 3 aromatic rings. The number of benzene rings is 3. The Morgan fingerprint density at radius 3 is 2.50 bits per heavy atom. The largest absolute Gasteiger partial charge is 0.295 e. The zero-order chi connectivity index (χ0) is 25.2. The minimum Gasteiger partial charge on any atom is -0.295 e. The van der Waals surface area contributed by atoms with Crippen molar-refractivity contribution in [2.45, 2.75) is 32.6 Å². The molecule has 0 aromatic heterocycles. The quantitative estimate of drug-likeness (QED) is 0.312. The van der Waals surface area contributed by atoms with Gasteiger partial charge < -0.3 is 0 Å². The lowest BCUT2D eigenvalue weighted by Gasteiger charge is -2.34. The van der Waals surface area contributed by atoms with Crippen molar-refractivity contribution >= 4 is 40.4 Å². The van der Waals surface area contributed by atoms with Gasteiger partial charge >= 0.3 is 0 Å². The molecule has 0 unspecified atom stereocenters. The summed E-state index contributed by atoms with van der Waals surface area (Å²) in [4.78, 5) is 2.21. The van der Waals surface area contributed by atoms with Crippen LogP contribution in [0.1, 0.15) is 52.6 Å². The summed E-state index contributed by atoms with van der Waals surface area (Å²) in [6.07, 6.45) is 5.33. The van der Waals surface area contributed by atoms with Gasteiger partial charge in [-0.25, -0.2) is 4.39 Å². The number of nitrogens with zero attached hydrogens (tertiary/aromatic N) is 1. The van der Waals surface area contributed by atoms with Crippen molar-refractivity contribution in [2.75, 3.05) is 26.3 Å². The molecule has 1 aliphatic heterocycles. The monoisotopic (exact) mass is 523 g/mol. The van der Waals surface area contributed by atoms with E-state index < -0.39 is 0 Å². The van der Waals surface area contributed by atoms with Crippen molar-refractivity contribution in [3.05, 3.63) is 109 Å². The molecule has 186 valence electrons. The molecule has 0 bridgehead atoms. The maximum atomic E-state index is 16.2. The highest BCUT2D eigenvalue weighted by atomic mass is 35.5. The molecular weight excluding hydrogens is 495 g/mol. The van der Waals surface area contributed by atoms with Crippen LogP contribution in [-0.4, -0.2) is 31.2 Å². The lowest BCUT2D eigenvalue weighted by atomic mass is 9.86. The molecule has 1 aliphatic carbocycles. The number of alkyl halides is 1. The van der Waals surface area contributed by atoms with E-state index in [-0.39, 0.29) is 12.5 Å². The summed E-state index contributed by atoms with van der Waals surface area (Å²) >= 11 is 12.9. The zero-order valence-electron chi connectivity index (χ0n) is 20.4. The summed E-state index contributed by atoms with van der Waals surface area (Å²) in [6.45, 7) is 3.97. The lowest BCUT2D eigenvalue weighted by molar-refractivity contribution is 0.239. The molecule has 3 aromatic carbocycles. The predicted molar refractivity (Wildman–Crippen MR) is 148 cm³/mol. The maximum Gasteiger partial charge on any atom is 0.134 e. The van der Waals surface area contributed by atoms with Gasteiger partial charge in [-0.3, -0.25) is 9.29 Å². The second kappa shape index (κ2) is 10.9. The Kier molecular flexibility index (Phi) is 7.62. The first-order chi connectivity index (χ1) is 17.5. The predicted octanol–water partition coefficient (Wildman–Crippen LogP) is 8.79. The summed E-state index contributed by atoms with van der Waals surface area (Å²) in [5, 5.41) is 1.16. The first-order valence-electron chi connectivity index (χ1n) is 12.5. The third-order valence-corrected chi connectivity index (χ3v) is 7.78. The summed E-state index contributed by atoms with van der Waals surface area (Å²) in [5.41, 5.74) is 8.52. The molecule has 0 radical (unpaired) electrons. The van der Waals surface area contributed by atoms with Crippen LogP contribution >= 0.6 is 23.2 Å². The highest BCUT2D eigenvalue weighted by molar-refractivity contribution is 6.36. The SMILES string of the molecule is Cc1c(C=C2CN(CCCF)C2)ccc(C2=C(c3ccc(Cl)cc3Cl)CCCc3ccccc32)c1F. The normalized spacial score (nSPS) is 16.0. The van der Waals surface area contributed by atoms with Gasteiger partial charge in [0, 0.05) is 35.2 Å². The summed E-state index contributed by atoms with van der Waals surface area (Å²) in [7, 11) is 0. The molecule has 0 amide bonds. The van der Waals surface area contributed by atoms with Crippen LogP contribution in [0.4, 0.5) is 8.78 Å². The number of likely N-dealkylation sites (tertiary alicyclic amines) is 1.